The van der Waals surface area contributed by atoms with Crippen LogP contribution in [0.25, 0.3) is 0 Å². The first-order chi connectivity index (χ1) is 11.3. The van der Waals surface area contributed by atoms with Crippen LogP contribution >= 0.6 is 0 Å². The summed E-state index contributed by atoms with van der Waals surface area (Å²) in [6, 6.07) is 8.37. The van der Waals surface area contributed by atoms with Gasteiger partial charge in [0.2, 0.25) is 5.91 Å². The Labute approximate surface area is 140 Å². The first-order valence-electron chi connectivity index (χ1n) is 9.46. The van der Waals surface area contributed by atoms with E-state index < -0.39 is 0 Å². The third-order valence-corrected chi connectivity index (χ3v) is 5.38. The maximum Gasteiger partial charge on any atom is 0.224 e. The molecule has 23 heavy (non-hydrogen) atoms. The zero-order valence-corrected chi connectivity index (χ0v) is 14.2. The fourth-order valence-corrected chi connectivity index (χ4v) is 3.94. The molecule has 2 aliphatic rings. The molecule has 1 aliphatic heterocycles. The Kier molecular flexibility index (Phi) is 5.95. The molecule has 1 saturated carbocycles. The fraction of sp³-hybridized carbons (Fsp3) is 0.650. The predicted molar refractivity (Wildman–Crippen MR) is 96.9 cm³/mol. The van der Waals surface area contributed by atoms with Crippen LogP contribution in [0.3, 0.4) is 0 Å². The van der Waals surface area contributed by atoms with Gasteiger partial charge in [0.25, 0.3) is 0 Å². The van der Waals surface area contributed by atoms with Crippen LogP contribution in [0.4, 0.5) is 11.4 Å². The van der Waals surface area contributed by atoms with Gasteiger partial charge in [0, 0.05) is 30.9 Å². The quantitative estimate of drug-likeness (QED) is 0.831. The molecule has 1 amide bonds. The van der Waals surface area contributed by atoms with E-state index in [4.69, 9.17) is 0 Å². The van der Waals surface area contributed by atoms with Crippen molar-refractivity contribution in [3.05, 3.63) is 24.3 Å². The van der Waals surface area contributed by atoms with E-state index in [1.807, 2.05) is 12.1 Å². The first-order valence-corrected chi connectivity index (χ1v) is 9.46. The van der Waals surface area contributed by atoms with Gasteiger partial charge in [-0.1, -0.05) is 32.1 Å². The van der Waals surface area contributed by atoms with E-state index in [0.29, 0.717) is 6.42 Å². The van der Waals surface area contributed by atoms with E-state index in [1.165, 1.54) is 57.1 Å². The fourth-order valence-electron chi connectivity index (χ4n) is 3.94. The number of benzene rings is 1. The van der Waals surface area contributed by atoms with Crippen LogP contribution < -0.4 is 10.2 Å². The van der Waals surface area contributed by atoms with Gasteiger partial charge in [-0.3, -0.25) is 4.79 Å². The summed E-state index contributed by atoms with van der Waals surface area (Å²) in [7, 11) is 0. The number of hydrogen-bond donors (Lipinski definition) is 1. The summed E-state index contributed by atoms with van der Waals surface area (Å²) in [5, 5.41) is 3.05. The second-order valence-electron chi connectivity index (χ2n) is 7.19. The maximum atomic E-state index is 12.1. The molecule has 0 bridgehead atoms. The van der Waals surface area contributed by atoms with Crippen LogP contribution in [-0.4, -0.2) is 19.0 Å². The van der Waals surface area contributed by atoms with E-state index in [-0.39, 0.29) is 5.91 Å². The summed E-state index contributed by atoms with van der Waals surface area (Å²) in [5.74, 6) is 0.942. The lowest BCUT2D eigenvalue weighted by Gasteiger charge is -2.28. The Hall–Kier alpha value is -1.51. The number of carbonyl (C=O) groups is 1. The average molecular weight is 314 g/mol. The van der Waals surface area contributed by atoms with Crippen molar-refractivity contribution in [1.29, 1.82) is 0 Å². The van der Waals surface area contributed by atoms with Gasteiger partial charge in [0.05, 0.1) is 0 Å². The third-order valence-electron chi connectivity index (χ3n) is 5.38. The molecule has 0 atom stereocenters. The molecule has 1 heterocycles. The number of carbonyl (C=O) groups excluding carboxylic acids is 1. The van der Waals surface area contributed by atoms with E-state index in [9.17, 15) is 4.79 Å². The number of rotatable bonds is 5. The highest BCUT2D eigenvalue weighted by Crippen LogP contribution is 2.27. The van der Waals surface area contributed by atoms with E-state index in [0.717, 1.165) is 31.1 Å². The first kappa shape index (κ1) is 16.4. The van der Waals surface area contributed by atoms with Crippen molar-refractivity contribution in [2.45, 2.75) is 64.2 Å². The van der Waals surface area contributed by atoms with Crippen molar-refractivity contribution in [3.8, 4) is 0 Å². The molecule has 1 saturated heterocycles. The second kappa shape index (κ2) is 8.37. The zero-order valence-electron chi connectivity index (χ0n) is 14.2. The van der Waals surface area contributed by atoms with Crippen molar-refractivity contribution < 1.29 is 4.79 Å². The largest absolute Gasteiger partial charge is 0.372 e. The molecule has 3 heteroatoms. The second-order valence-corrected chi connectivity index (χ2v) is 7.19. The molecule has 0 spiro atoms. The molecular formula is C20H30N2O. The lowest BCUT2D eigenvalue weighted by atomic mass is 9.86. The van der Waals surface area contributed by atoms with Crippen LogP contribution in [0.5, 0.6) is 0 Å². The Morgan fingerprint density at radius 2 is 1.61 bits per heavy atom. The van der Waals surface area contributed by atoms with Crippen LogP contribution in [0, 0.1) is 5.92 Å². The monoisotopic (exact) mass is 314 g/mol. The number of piperidine rings is 1. The van der Waals surface area contributed by atoms with Crippen LogP contribution in [0.2, 0.25) is 0 Å². The minimum Gasteiger partial charge on any atom is -0.372 e. The van der Waals surface area contributed by atoms with Crippen LogP contribution in [0.1, 0.15) is 64.2 Å². The molecule has 0 aromatic heterocycles. The Bertz CT molecular complexity index is 485. The summed E-state index contributed by atoms with van der Waals surface area (Å²) in [5.41, 5.74) is 2.21. The number of anilines is 2. The van der Waals surface area contributed by atoms with Crippen LogP contribution in [-0.2, 0) is 4.79 Å². The maximum absolute atomic E-state index is 12.1. The van der Waals surface area contributed by atoms with Gasteiger partial charge in [0.15, 0.2) is 0 Å². The molecular weight excluding hydrogens is 284 g/mol. The van der Waals surface area contributed by atoms with Gasteiger partial charge in [-0.15, -0.1) is 0 Å². The Morgan fingerprint density at radius 3 is 2.30 bits per heavy atom. The molecule has 0 radical (unpaired) electrons. The molecule has 1 N–H and O–H groups in total. The zero-order chi connectivity index (χ0) is 15.9. The molecule has 1 aromatic rings. The molecule has 126 valence electrons. The summed E-state index contributed by atoms with van der Waals surface area (Å²) in [4.78, 5) is 14.6. The highest BCUT2D eigenvalue weighted by atomic mass is 16.1. The van der Waals surface area contributed by atoms with Crippen molar-refractivity contribution in [2.75, 3.05) is 23.3 Å². The molecule has 0 unspecified atom stereocenters. The van der Waals surface area contributed by atoms with Crippen molar-refractivity contribution >= 4 is 17.3 Å². The Morgan fingerprint density at radius 1 is 0.957 bits per heavy atom. The summed E-state index contributed by atoms with van der Waals surface area (Å²) < 4.78 is 0. The number of nitrogens with zero attached hydrogens (tertiary/aromatic N) is 1. The molecule has 1 aromatic carbocycles. The van der Waals surface area contributed by atoms with E-state index in [2.05, 4.69) is 22.3 Å². The third kappa shape index (κ3) is 4.98. The van der Waals surface area contributed by atoms with Gasteiger partial charge >= 0.3 is 0 Å². The number of amides is 1. The van der Waals surface area contributed by atoms with Gasteiger partial charge in [-0.2, -0.15) is 0 Å². The molecule has 3 rings (SSSR count). The van der Waals surface area contributed by atoms with Crippen molar-refractivity contribution in [2.24, 2.45) is 5.92 Å². The van der Waals surface area contributed by atoms with E-state index in [1.54, 1.807) is 0 Å². The van der Waals surface area contributed by atoms with Crippen molar-refractivity contribution in [3.63, 3.8) is 0 Å². The lowest BCUT2D eigenvalue weighted by molar-refractivity contribution is -0.116. The number of hydrogen-bond acceptors (Lipinski definition) is 2. The SMILES string of the molecule is O=C(CCC1CCCCC1)Nc1ccc(N2CCCCC2)cc1. The highest BCUT2D eigenvalue weighted by molar-refractivity contribution is 5.90. The number of nitrogens with one attached hydrogen (secondary N) is 1. The highest BCUT2D eigenvalue weighted by Gasteiger charge is 2.15. The van der Waals surface area contributed by atoms with Gasteiger partial charge < -0.3 is 10.2 Å². The van der Waals surface area contributed by atoms with Crippen molar-refractivity contribution in [1.82, 2.24) is 0 Å². The van der Waals surface area contributed by atoms with Crippen LogP contribution in [0.15, 0.2) is 24.3 Å². The normalized spacial score (nSPS) is 19.6. The topological polar surface area (TPSA) is 32.3 Å². The molecule has 3 nitrogen and oxygen atoms in total. The molecule has 2 fully saturated rings. The van der Waals surface area contributed by atoms with Gasteiger partial charge in [0.1, 0.15) is 0 Å². The van der Waals surface area contributed by atoms with Gasteiger partial charge in [-0.05, 0) is 55.9 Å². The minimum absolute atomic E-state index is 0.168. The summed E-state index contributed by atoms with van der Waals surface area (Å²) >= 11 is 0. The average Bonchev–Trinajstić information content (AvgIpc) is 2.62. The van der Waals surface area contributed by atoms with E-state index >= 15 is 0 Å². The predicted octanol–water partition coefficient (Wildman–Crippen LogP) is 4.98. The Balaban J connectivity index is 1.44. The van der Waals surface area contributed by atoms with Gasteiger partial charge in [-0.25, -0.2) is 0 Å². The summed E-state index contributed by atoms with van der Waals surface area (Å²) in [6.07, 6.45) is 12.4. The smallest absolute Gasteiger partial charge is 0.224 e. The lowest BCUT2D eigenvalue weighted by Crippen LogP contribution is -2.29. The standard InChI is InChI=1S/C20H30N2O/c23-20(14-9-17-7-3-1-4-8-17)21-18-10-12-19(13-11-18)22-15-5-2-6-16-22/h10-13,17H,1-9,14-16H2,(H,21,23). The summed E-state index contributed by atoms with van der Waals surface area (Å²) in [6.45, 7) is 2.32. The molecule has 1 aliphatic carbocycles. The minimum atomic E-state index is 0.168.